The van der Waals surface area contributed by atoms with Gasteiger partial charge in [0.05, 0.1) is 19.4 Å². The zero-order chi connectivity index (χ0) is 22.5. The molecule has 1 aromatic carbocycles. The van der Waals surface area contributed by atoms with E-state index in [1.807, 2.05) is 50.2 Å². The summed E-state index contributed by atoms with van der Waals surface area (Å²) in [6.07, 6.45) is 4.63. The number of hydrogen-bond acceptors (Lipinski definition) is 5. The van der Waals surface area contributed by atoms with Crippen LogP contribution in [0.25, 0.3) is 0 Å². The van der Waals surface area contributed by atoms with Crippen molar-refractivity contribution < 1.29 is 18.4 Å². The number of carbonyl (C=O) groups is 1. The Morgan fingerprint density at radius 2 is 1.75 bits per heavy atom. The van der Waals surface area contributed by atoms with Gasteiger partial charge >= 0.3 is 0 Å². The average Bonchev–Trinajstić information content (AvgIpc) is 3.45. The van der Waals surface area contributed by atoms with Crippen LogP contribution in [0.4, 0.5) is 5.88 Å². The average molecular weight is 437 g/mol. The molecular weight excluding hydrogens is 404 g/mol. The number of nitrogens with zero attached hydrogens (tertiary/aromatic N) is 2. The van der Waals surface area contributed by atoms with E-state index in [1.165, 1.54) is 19.3 Å². The van der Waals surface area contributed by atoms with E-state index in [0.29, 0.717) is 18.8 Å². The Morgan fingerprint density at radius 3 is 2.44 bits per heavy atom. The maximum Gasteiger partial charge on any atom is 0.264 e. The minimum absolute atomic E-state index is 0.114. The van der Waals surface area contributed by atoms with Crippen molar-refractivity contribution >= 4 is 11.8 Å². The third-order valence-corrected chi connectivity index (χ3v) is 5.76. The van der Waals surface area contributed by atoms with Crippen LogP contribution in [-0.4, -0.2) is 30.0 Å². The van der Waals surface area contributed by atoms with Gasteiger partial charge < -0.3 is 23.4 Å². The first-order chi connectivity index (χ1) is 15.5. The first-order valence-electron chi connectivity index (χ1n) is 11.4. The smallest absolute Gasteiger partial charge is 0.264 e. The van der Waals surface area contributed by atoms with E-state index in [1.54, 1.807) is 18.1 Å². The van der Waals surface area contributed by atoms with Gasteiger partial charge in [-0.1, -0.05) is 6.07 Å². The van der Waals surface area contributed by atoms with Crippen molar-refractivity contribution in [1.82, 2.24) is 4.90 Å². The minimum atomic E-state index is -0.636. The number of benzene rings is 1. The number of piperidine rings is 1. The van der Waals surface area contributed by atoms with Gasteiger partial charge in [0.15, 0.2) is 12.0 Å². The fourth-order valence-electron chi connectivity index (χ4n) is 4.24. The Kier molecular flexibility index (Phi) is 6.88. The molecule has 0 radical (unpaired) electrons. The highest BCUT2D eigenvalue weighted by molar-refractivity contribution is 5.80. The highest BCUT2D eigenvalue weighted by Crippen LogP contribution is 2.25. The fourth-order valence-corrected chi connectivity index (χ4v) is 4.24. The summed E-state index contributed by atoms with van der Waals surface area (Å²) >= 11 is 0. The molecule has 1 saturated heterocycles. The molecule has 1 aliphatic rings. The second-order valence-corrected chi connectivity index (χ2v) is 8.64. The zero-order valence-corrected chi connectivity index (χ0v) is 19.2. The third-order valence-electron chi connectivity index (χ3n) is 5.76. The molecule has 1 aliphatic heterocycles. The molecule has 1 atom stereocenters. The lowest BCUT2D eigenvalue weighted by atomic mass is 10.1. The molecule has 0 saturated carbocycles. The molecule has 2 aromatic heterocycles. The largest absolute Gasteiger partial charge is 0.481 e. The van der Waals surface area contributed by atoms with Gasteiger partial charge in [-0.15, -0.1) is 0 Å². The summed E-state index contributed by atoms with van der Waals surface area (Å²) in [5, 5.41) is 0. The quantitative estimate of drug-likeness (QED) is 0.468. The number of furan rings is 2. The number of hydrogen-bond donors (Lipinski definition) is 0. The van der Waals surface area contributed by atoms with Crippen molar-refractivity contribution in [3.63, 3.8) is 0 Å². The minimum Gasteiger partial charge on any atom is -0.481 e. The first-order valence-corrected chi connectivity index (χ1v) is 11.4. The van der Waals surface area contributed by atoms with Crippen molar-refractivity contribution in [2.24, 2.45) is 0 Å². The molecule has 1 amide bonds. The van der Waals surface area contributed by atoms with Crippen LogP contribution < -0.4 is 9.64 Å². The summed E-state index contributed by atoms with van der Waals surface area (Å²) in [6, 6.07) is 13.6. The molecule has 170 valence electrons. The topological polar surface area (TPSA) is 59.1 Å². The van der Waals surface area contributed by atoms with Crippen molar-refractivity contribution in [1.29, 1.82) is 0 Å². The van der Waals surface area contributed by atoms with Gasteiger partial charge in [-0.2, -0.15) is 0 Å². The molecule has 1 fully saturated rings. The number of aryl methyl sites for hydroxylation is 2. The summed E-state index contributed by atoms with van der Waals surface area (Å²) < 4.78 is 17.6. The van der Waals surface area contributed by atoms with Crippen molar-refractivity contribution in [3.05, 3.63) is 71.4 Å². The summed E-state index contributed by atoms with van der Waals surface area (Å²) in [5.41, 5.74) is 2.21. The van der Waals surface area contributed by atoms with E-state index in [4.69, 9.17) is 13.6 Å². The predicted octanol–water partition coefficient (Wildman–Crippen LogP) is 5.48. The predicted molar refractivity (Wildman–Crippen MR) is 124 cm³/mol. The Labute approximate surface area is 189 Å². The molecular formula is C26H32N2O4. The van der Waals surface area contributed by atoms with Gasteiger partial charge in [0.2, 0.25) is 0 Å². The van der Waals surface area contributed by atoms with Crippen LogP contribution in [-0.2, 0) is 17.9 Å². The Bertz CT molecular complexity index is 998. The molecule has 0 N–H and O–H groups in total. The lowest BCUT2D eigenvalue weighted by molar-refractivity contribution is -0.139. The van der Waals surface area contributed by atoms with Gasteiger partial charge in [0.25, 0.3) is 5.91 Å². The zero-order valence-electron chi connectivity index (χ0n) is 19.2. The van der Waals surface area contributed by atoms with E-state index >= 15 is 0 Å². The number of anilines is 1. The number of rotatable bonds is 8. The Hall–Kier alpha value is -3.15. The van der Waals surface area contributed by atoms with Crippen LogP contribution in [0.1, 0.15) is 48.8 Å². The van der Waals surface area contributed by atoms with Crippen LogP contribution in [0.5, 0.6) is 5.75 Å². The summed E-state index contributed by atoms with van der Waals surface area (Å²) in [4.78, 5) is 17.4. The number of amides is 1. The van der Waals surface area contributed by atoms with Gasteiger partial charge in [-0.3, -0.25) is 4.79 Å². The number of carbonyl (C=O) groups excluding carboxylic acids is 1. The second kappa shape index (κ2) is 9.98. The highest BCUT2D eigenvalue weighted by Gasteiger charge is 2.25. The highest BCUT2D eigenvalue weighted by atomic mass is 16.5. The van der Waals surface area contributed by atoms with Gasteiger partial charge in [0.1, 0.15) is 17.3 Å². The lowest BCUT2D eigenvalue weighted by Gasteiger charge is -2.26. The molecule has 4 rings (SSSR count). The monoisotopic (exact) mass is 436 g/mol. The van der Waals surface area contributed by atoms with E-state index in [9.17, 15) is 4.79 Å². The maximum absolute atomic E-state index is 13.4. The summed E-state index contributed by atoms with van der Waals surface area (Å²) in [5.74, 6) is 2.94. The molecule has 3 aromatic rings. The molecule has 0 bridgehead atoms. The van der Waals surface area contributed by atoms with E-state index < -0.39 is 6.10 Å². The van der Waals surface area contributed by atoms with E-state index in [0.717, 1.165) is 41.6 Å². The Balaban J connectivity index is 1.48. The molecule has 1 unspecified atom stereocenters. The van der Waals surface area contributed by atoms with E-state index in [-0.39, 0.29) is 5.91 Å². The summed E-state index contributed by atoms with van der Waals surface area (Å²) in [6.45, 7) is 8.57. The number of ether oxygens (including phenoxy) is 1. The molecule has 6 nitrogen and oxygen atoms in total. The van der Waals surface area contributed by atoms with Crippen LogP contribution in [0.3, 0.4) is 0 Å². The summed E-state index contributed by atoms with van der Waals surface area (Å²) in [7, 11) is 0. The normalized spacial score (nSPS) is 14.9. The van der Waals surface area contributed by atoms with Crippen LogP contribution >= 0.6 is 0 Å². The van der Waals surface area contributed by atoms with Gasteiger partial charge in [0, 0.05) is 19.2 Å². The SMILES string of the molecule is Cc1cc(C)cc(OC(C)C(=O)N(Cc2ccco2)Cc2ccc(N3CCCCC3)o2)c1. The maximum atomic E-state index is 13.4. The van der Waals surface area contributed by atoms with Crippen molar-refractivity contribution in [2.45, 2.75) is 59.2 Å². The van der Waals surface area contributed by atoms with Crippen LogP contribution in [0.15, 0.2) is 57.6 Å². The van der Waals surface area contributed by atoms with Crippen molar-refractivity contribution in [3.8, 4) is 5.75 Å². The van der Waals surface area contributed by atoms with Crippen molar-refractivity contribution in [2.75, 3.05) is 18.0 Å². The standard InChI is InChI=1S/C26H32N2O4/c1-19-14-20(2)16-24(15-19)31-21(3)26(29)28(17-22-8-7-13-30-22)18-23-9-10-25(32-23)27-11-5-4-6-12-27/h7-10,13-16,21H,4-6,11-12,17-18H2,1-3H3. The van der Waals surface area contributed by atoms with Gasteiger partial charge in [-0.05, 0) is 81.5 Å². The molecule has 32 heavy (non-hydrogen) atoms. The molecule has 0 spiro atoms. The van der Waals surface area contributed by atoms with Gasteiger partial charge in [-0.25, -0.2) is 0 Å². The fraction of sp³-hybridized carbons (Fsp3) is 0.423. The van der Waals surface area contributed by atoms with E-state index in [2.05, 4.69) is 11.0 Å². The molecule has 6 heteroatoms. The Morgan fingerprint density at radius 1 is 1.03 bits per heavy atom. The lowest BCUT2D eigenvalue weighted by Crippen LogP contribution is -2.39. The van der Waals surface area contributed by atoms with Crippen LogP contribution in [0.2, 0.25) is 0 Å². The molecule has 0 aliphatic carbocycles. The second-order valence-electron chi connectivity index (χ2n) is 8.64. The van der Waals surface area contributed by atoms with Crippen LogP contribution in [0, 0.1) is 13.8 Å². The third kappa shape index (κ3) is 5.55. The molecule has 3 heterocycles. The first kappa shape index (κ1) is 22.1.